The summed E-state index contributed by atoms with van der Waals surface area (Å²) in [6.45, 7) is 10.2. The summed E-state index contributed by atoms with van der Waals surface area (Å²) in [6.07, 6.45) is 6.42. The summed E-state index contributed by atoms with van der Waals surface area (Å²) in [5.41, 5.74) is 4.47. The molecule has 0 aliphatic carbocycles. The topological polar surface area (TPSA) is 36.9 Å². The highest BCUT2D eigenvalue weighted by Crippen LogP contribution is 2.38. The van der Waals surface area contributed by atoms with Crippen LogP contribution in [0, 0.1) is 11.8 Å². The van der Waals surface area contributed by atoms with Gasteiger partial charge in [0.25, 0.3) is 0 Å². The van der Waals surface area contributed by atoms with Crippen LogP contribution in [0.15, 0.2) is 84.9 Å². The number of ether oxygens (including phenoxy) is 4. The summed E-state index contributed by atoms with van der Waals surface area (Å²) in [6, 6.07) is 30.5. The van der Waals surface area contributed by atoms with Crippen molar-refractivity contribution in [3.8, 4) is 42.5 Å². The van der Waals surface area contributed by atoms with Crippen LogP contribution in [-0.2, 0) is 31.8 Å². The van der Waals surface area contributed by atoms with E-state index in [9.17, 15) is 0 Å². The molecule has 4 nitrogen and oxygen atoms in total. The predicted octanol–water partition coefficient (Wildman–Crippen LogP) is 11.0. The van der Waals surface area contributed by atoms with Gasteiger partial charge in [0.05, 0.1) is 39.6 Å². The number of unbranched alkanes of at least 4 members (excludes halogenated alkanes) is 2. The van der Waals surface area contributed by atoms with Crippen molar-refractivity contribution in [2.24, 2.45) is 0 Å². The molecule has 0 saturated heterocycles. The fraction of sp³-hybridized carbons (Fsp3) is 0.381. The van der Waals surface area contributed by atoms with Crippen LogP contribution in [-0.4, -0.2) is 52.9 Å². The monoisotopic (exact) mass is 712 g/mol. The van der Waals surface area contributed by atoms with Crippen molar-refractivity contribution in [2.75, 3.05) is 52.9 Å². The Morgan fingerprint density at radius 2 is 0.796 bits per heavy atom. The largest absolute Gasteiger partial charge is 0.379 e. The highest BCUT2D eigenvalue weighted by Gasteiger charge is 2.09. The van der Waals surface area contributed by atoms with Crippen LogP contribution in [0.2, 0.25) is 0 Å². The van der Waals surface area contributed by atoms with E-state index in [4.69, 9.17) is 18.9 Å². The van der Waals surface area contributed by atoms with Gasteiger partial charge in [-0.25, -0.2) is 0 Å². The van der Waals surface area contributed by atoms with Crippen LogP contribution in [0.4, 0.5) is 0 Å². The zero-order chi connectivity index (χ0) is 33.9. The maximum atomic E-state index is 5.76. The molecule has 258 valence electrons. The summed E-state index contributed by atoms with van der Waals surface area (Å²) < 4.78 is 22.6. The Labute approximate surface area is 305 Å². The maximum Gasteiger partial charge on any atom is 0.0700 e. The molecule has 0 atom stereocenters. The van der Waals surface area contributed by atoms with Crippen LogP contribution >= 0.6 is 34.0 Å². The van der Waals surface area contributed by atoms with Crippen LogP contribution in [0.5, 0.6) is 0 Å². The lowest BCUT2D eigenvalue weighted by atomic mass is 10.1. The smallest absolute Gasteiger partial charge is 0.0700 e. The molecule has 2 aromatic carbocycles. The normalized spacial score (nSPS) is 11.1. The Balaban J connectivity index is 1.05. The number of hydrogen-bond acceptors (Lipinski definition) is 7. The third kappa shape index (κ3) is 12.6. The van der Waals surface area contributed by atoms with Gasteiger partial charge in [-0.2, -0.15) is 0 Å². The molecule has 0 bridgehead atoms. The second-order valence-electron chi connectivity index (χ2n) is 11.8. The van der Waals surface area contributed by atoms with E-state index in [2.05, 4.69) is 111 Å². The number of hydrogen-bond donors (Lipinski definition) is 0. The van der Waals surface area contributed by atoms with Gasteiger partial charge < -0.3 is 18.9 Å². The van der Waals surface area contributed by atoms with Gasteiger partial charge in [-0.05, 0) is 84.6 Å². The van der Waals surface area contributed by atoms with E-state index in [0.29, 0.717) is 26.4 Å². The molecule has 0 aliphatic rings. The zero-order valence-corrected chi connectivity index (χ0v) is 31.3. The Kier molecular flexibility index (Phi) is 16.1. The molecule has 5 rings (SSSR count). The lowest BCUT2D eigenvalue weighted by Gasteiger charge is -2.04. The number of rotatable bonds is 21. The van der Waals surface area contributed by atoms with Crippen LogP contribution in [0.1, 0.15) is 60.4 Å². The van der Waals surface area contributed by atoms with Crippen molar-refractivity contribution in [3.05, 3.63) is 106 Å². The average molecular weight is 713 g/mol. The molecule has 0 fully saturated rings. The van der Waals surface area contributed by atoms with Gasteiger partial charge in [-0.15, -0.1) is 34.0 Å². The summed E-state index contributed by atoms with van der Waals surface area (Å²) in [7, 11) is 0. The molecule has 49 heavy (non-hydrogen) atoms. The van der Waals surface area contributed by atoms with Gasteiger partial charge in [-0.3, -0.25) is 0 Å². The molecule has 3 heterocycles. The van der Waals surface area contributed by atoms with Gasteiger partial charge in [0, 0.05) is 66.4 Å². The lowest BCUT2D eigenvalue weighted by molar-refractivity contribution is 0.0480. The van der Waals surface area contributed by atoms with Crippen molar-refractivity contribution < 1.29 is 18.9 Å². The van der Waals surface area contributed by atoms with Crippen LogP contribution in [0.3, 0.4) is 0 Å². The van der Waals surface area contributed by atoms with Crippen molar-refractivity contribution in [2.45, 2.75) is 52.4 Å². The van der Waals surface area contributed by atoms with Gasteiger partial charge in [0.2, 0.25) is 0 Å². The maximum absolute atomic E-state index is 5.76. The highest BCUT2D eigenvalue weighted by atomic mass is 32.1. The molecular weight excluding hydrogens is 665 g/mol. The molecule has 3 aromatic heterocycles. The first-order valence-corrected chi connectivity index (χ1v) is 20.0. The fourth-order valence-electron chi connectivity index (χ4n) is 5.00. The zero-order valence-electron chi connectivity index (χ0n) is 28.8. The van der Waals surface area contributed by atoms with E-state index in [0.717, 1.165) is 76.1 Å². The van der Waals surface area contributed by atoms with Gasteiger partial charge in [-0.1, -0.05) is 62.8 Å². The Bertz CT molecular complexity index is 1700. The molecule has 0 aliphatic heterocycles. The Morgan fingerprint density at radius 1 is 0.408 bits per heavy atom. The molecule has 0 unspecified atom stereocenters. The van der Waals surface area contributed by atoms with Gasteiger partial charge in [0.15, 0.2) is 0 Å². The Hall–Kier alpha value is -3.06. The van der Waals surface area contributed by atoms with E-state index in [1.807, 2.05) is 34.0 Å². The summed E-state index contributed by atoms with van der Waals surface area (Å²) >= 11 is 5.52. The van der Waals surface area contributed by atoms with Gasteiger partial charge >= 0.3 is 0 Å². The second-order valence-corrected chi connectivity index (χ2v) is 15.2. The number of benzene rings is 2. The first kappa shape index (κ1) is 37.2. The number of thiophene rings is 3. The fourth-order valence-corrected chi connectivity index (χ4v) is 8.08. The Morgan fingerprint density at radius 3 is 1.31 bits per heavy atom. The van der Waals surface area contributed by atoms with E-state index in [-0.39, 0.29) is 0 Å². The van der Waals surface area contributed by atoms with Crippen molar-refractivity contribution in [1.29, 1.82) is 0 Å². The van der Waals surface area contributed by atoms with E-state index >= 15 is 0 Å². The highest BCUT2D eigenvalue weighted by molar-refractivity contribution is 7.23. The van der Waals surface area contributed by atoms with Crippen LogP contribution in [0.25, 0.3) is 30.6 Å². The minimum absolute atomic E-state index is 0.662. The molecule has 7 heteroatoms. The predicted molar refractivity (Wildman–Crippen MR) is 209 cm³/mol. The summed E-state index contributed by atoms with van der Waals surface area (Å²) in [5.74, 6) is 6.67. The van der Waals surface area contributed by atoms with Crippen molar-refractivity contribution in [3.63, 3.8) is 0 Å². The van der Waals surface area contributed by atoms with E-state index < -0.39 is 0 Å². The standard InChI is InChI=1S/C42H48O4S3/c1-3-5-25-43-29-31-45-27-23-37-17-19-39(47-37)35-13-9-33(10-14-35)7-8-34-11-15-36(16-12-34)40-21-22-42(49-40)41-20-18-38(48-41)24-28-46-32-30-44-26-6-4-2/h9-22H,3-6,23-32H2,1-2H3. The minimum Gasteiger partial charge on any atom is -0.379 e. The SMILES string of the molecule is CCCCOCCOCCc1ccc(-c2ccc(C#Cc3ccc(-c4ccc(-c5ccc(CCOCCOCCCC)s5)s4)cc3)cc2)s1. The van der Waals surface area contributed by atoms with E-state index in [1.54, 1.807) is 0 Å². The molecular formula is C42H48O4S3. The molecule has 0 saturated carbocycles. The van der Waals surface area contributed by atoms with Crippen molar-refractivity contribution in [1.82, 2.24) is 0 Å². The van der Waals surface area contributed by atoms with E-state index in [1.165, 1.54) is 40.4 Å². The molecule has 0 spiro atoms. The third-order valence-electron chi connectivity index (χ3n) is 7.88. The minimum atomic E-state index is 0.662. The molecule has 0 N–H and O–H groups in total. The first-order chi connectivity index (χ1) is 24.2. The lowest BCUT2D eigenvalue weighted by Crippen LogP contribution is -2.07. The summed E-state index contributed by atoms with van der Waals surface area (Å²) in [4.78, 5) is 7.84. The average Bonchev–Trinajstić information content (AvgIpc) is 3.92. The van der Waals surface area contributed by atoms with Gasteiger partial charge in [0.1, 0.15) is 0 Å². The second kappa shape index (κ2) is 21.2. The molecule has 5 aromatic rings. The summed E-state index contributed by atoms with van der Waals surface area (Å²) in [5, 5.41) is 0. The molecule has 0 amide bonds. The van der Waals surface area contributed by atoms with Crippen molar-refractivity contribution >= 4 is 34.0 Å². The van der Waals surface area contributed by atoms with Crippen LogP contribution < -0.4 is 0 Å². The molecule has 0 radical (unpaired) electrons. The first-order valence-electron chi connectivity index (χ1n) is 17.5. The quantitative estimate of drug-likeness (QED) is 0.0561. The third-order valence-corrected chi connectivity index (χ3v) is 11.5.